The summed E-state index contributed by atoms with van der Waals surface area (Å²) in [6.07, 6.45) is 3.34. The average molecular weight is 159 g/mol. The van der Waals surface area contributed by atoms with Crippen molar-refractivity contribution in [2.24, 2.45) is 5.73 Å². The smallest absolute Gasteiger partial charge is 0.116 e. The summed E-state index contributed by atoms with van der Waals surface area (Å²) in [5, 5.41) is 1.04. The van der Waals surface area contributed by atoms with Gasteiger partial charge in [0, 0.05) is 18.1 Å². The molecular formula is C9H9N3. The predicted octanol–water partition coefficient (Wildman–Crippen LogP) is 1.09. The van der Waals surface area contributed by atoms with Crippen molar-refractivity contribution in [2.75, 3.05) is 0 Å². The molecule has 0 bridgehead atoms. The van der Waals surface area contributed by atoms with Crippen LogP contribution < -0.4 is 5.73 Å². The molecule has 0 saturated carbocycles. The van der Waals surface area contributed by atoms with Gasteiger partial charge in [-0.3, -0.25) is 0 Å². The van der Waals surface area contributed by atoms with E-state index < -0.39 is 0 Å². The van der Waals surface area contributed by atoms with Gasteiger partial charge in [0.1, 0.15) is 6.33 Å². The van der Waals surface area contributed by atoms with Gasteiger partial charge >= 0.3 is 0 Å². The van der Waals surface area contributed by atoms with E-state index in [-0.39, 0.29) is 0 Å². The molecule has 0 aliphatic heterocycles. The first-order valence-electron chi connectivity index (χ1n) is 3.79. The van der Waals surface area contributed by atoms with Gasteiger partial charge in [0.25, 0.3) is 0 Å². The molecule has 0 fully saturated rings. The van der Waals surface area contributed by atoms with Crippen LogP contribution in [0, 0.1) is 0 Å². The summed E-state index contributed by atoms with van der Waals surface area (Å²) in [6, 6.07) is 5.90. The molecule has 2 N–H and O–H groups in total. The molecule has 0 unspecified atom stereocenters. The normalized spacial score (nSPS) is 10.4. The third-order valence-electron chi connectivity index (χ3n) is 1.86. The van der Waals surface area contributed by atoms with Gasteiger partial charge in [-0.05, 0) is 11.6 Å². The maximum atomic E-state index is 5.56. The number of benzene rings is 1. The minimum absolute atomic E-state index is 0.532. The second-order valence-corrected chi connectivity index (χ2v) is 2.58. The average Bonchev–Trinajstić information content (AvgIpc) is 2.17. The molecule has 0 saturated heterocycles. The Kier molecular flexibility index (Phi) is 1.72. The van der Waals surface area contributed by atoms with Crippen LogP contribution in [-0.4, -0.2) is 9.97 Å². The predicted molar refractivity (Wildman–Crippen MR) is 47.4 cm³/mol. The van der Waals surface area contributed by atoms with Crippen molar-refractivity contribution in [3.63, 3.8) is 0 Å². The highest BCUT2D eigenvalue weighted by Gasteiger charge is 1.97. The molecule has 2 aromatic rings. The lowest BCUT2D eigenvalue weighted by Gasteiger charge is -2.00. The number of rotatable bonds is 1. The van der Waals surface area contributed by atoms with Crippen molar-refractivity contribution in [3.8, 4) is 0 Å². The standard InChI is InChI=1S/C9H9N3/c10-4-7-2-1-3-9-8(7)5-11-6-12-9/h1-3,5-6H,4,10H2. The maximum Gasteiger partial charge on any atom is 0.116 e. The summed E-state index contributed by atoms with van der Waals surface area (Å²) in [5.74, 6) is 0. The Hall–Kier alpha value is -1.48. The maximum absolute atomic E-state index is 5.56. The molecule has 1 aromatic heterocycles. The number of hydrogen-bond donors (Lipinski definition) is 1. The van der Waals surface area contributed by atoms with Crippen molar-refractivity contribution in [3.05, 3.63) is 36.3 Å². The van der Waals surface area contributed by atoms with Gasteiger partial charge in [-0.25, -0.2) is 9.97 Å². The lowest BCUT2D eigenvalue weighted by molar-refractivity contribution is 1.08. The molecule has 0 atom stereocenters. The zero-order valence-electron chi connectivity index (χ0n) is 6.57. The SMILES string of the molecule is NCc1cccc2ncncc12. The Bertz CT molecular complexity index is 392. The summed E-state index contributed by atoms with van der Waals surface area (Å²) >= 11 is 0. The van der Waals surface area contributed by atoms with Gasteiger partial charge in [-0.1, -0.05) is 12.1 Å². The number of fused-ring (bicyclic) bond motifs is 1. The molecule has 1 aromatic carbocycles. The van der Waals surface area contributed by atoms with Gasteiger partial charge in [-0.2, -0.15) is 0 Å². The Morgan fingerprint density at radius 3 is 3.08 bits per heavy atom. The lowest BCUT2D eigenvalue weighted by Crippen LogP contribution is -1.97. The van der Waals surface area contributed by atoms with Crippen molar-refractivity contribution in [1.82, 2.24) is 9.97 Å². The number of hydrogen-bond acceptors (Lipinski definition) is 3. The van der Waals surface area contributed by atoms with E-state index >= 15 is 0 Å². The van der Waals surface area contributed by atoms with Crippen LogP contribution in [0.4, 0.5) is 0 Å². The van der Waals surface area contributed by atoms with Crippen molar-refractivity contribution in [2.45, 2.75) is 6.54 Å². The van der Waals surface area contributed by atoms with Crippen LogP contribution in [-0.2, 0) is 6.54 Å². The minimum atomic E-state index is 0.532. The third-order valence-corrected chi connectivity index (χ3v) is 1.86. The van der Waals surface area contributed by atoms with E-state index in [0.29, 0.717) is 6.54 Å². The van der Waals surface area contributed by atoms with Gasteiger partial charge in [0.15, 0.2) is 0 Å². The largest absolute Gasteiger partial charge is 0.326 e. The first-order valence-corrected chi connectivity index (χ1v) is 3.79. The lowest BCUT2D eigenvalue weighted by atomic mass is 10.1. The van der Waals surface area contributed by atoms with E-state index in [1.54, 1.807) is 12.5 Å². The highest BCUT2D eigenvalue weighted by atomic mass is 14.8. The summed E-state index contributed by atoms with van der Waals surface area (Å²) in [6.45, 7) is 0.532. The number of aromatic nitrogens is 2. The van der Waals surface area contributed by atoms with E-state index in [2.05, 4.69) is 9.97 Å². The summed E-state index contributed by atoms with van der Waals surface area (Å²) < 4.78 is 0. The Morgan fingerprint density at radius 2 is 2.25 bits per heavy atom. The van der Waals surface area contributed by atoms with Crippen molar-refractivity contribution >= 4 is 10.9 Å². The molecule has 0 radical (unpaired) electrons. The van der Waals surface area contributed by atoms with E-state index in [9.17, 15) is 0 Å². The number of nitrogens with zero attached hydrogens (tertiary/aromatic N) is 2. The first kappa shape index (κ1) is 7.18. The molecular weight excluding hydrogens is 150 g/mol. The molecule has 12 heavy (non-hydrogen) atoms. The van der Waals surface area contributed by atoms with Crippen LogP contribution in [0.3, 0.4) is 0 Å². The minimum Gasteiger partial charge on any atom is -0.326 e. The second-order valence-electron chi connectivity index (χ2n) is 2.58. The van der Waals surface area contributed by atoms with Crippen molar-refractivity contribution in [1.29, 1.82) is 0 Å². The van der Waals surface area contributed by atoms with E-state index in [1.165, 1.54) is 0 Å². The summed E-state index contributed by atoms with van der Waals surface area (Å²) in [7, 11) is 0. The van der Waals surface area contributed by atoms with E-state index in [1.807, 2.05) is 18.2 Å². The highest BCUT2D eigenvalue weighted by Crippen LogP contribution is 2.13. The third kappa shape index (κ3) is 1.04. The number of nitrogens with two attached hydrogens (primary N) is 1. The zero-order valence-corrected chi connectivity index (χ0v) is 6.57. The van der Waals surface area contributed by atoms with Gasteiger partial charge in [0.2, 0.25) is 0 Å². The highest BCUT2D eigenvalue weighted by molar-refractivity contribution is 5.80. The monoisotopic (exact) mass is 159 g/mol. The summed E-state index contributed by atoms with van der Waals surface area (Å²) in [4.78, 5) is 8.08. The first-order chi connectivity index (χ1) is 5.92. The molecule has 0 aliphatic rings. The van der Waals surface area contributed by atoms with Crippen LogP contribution in [0.25, 0.3) is 10.9 Å². The van der Waals surface area contributed by atoms with Crippen LogP contribution >= 0.6 is 0 Å². The van der Waals surface area contributed by atoms with E-state index in [4.69, 9.17) is 5.73 Å². The van der Waals surface area contributed by atoms with Gasteiger partial charge in [0.05, 0.1) is 5.52 Å². The molecule has 2 rings (SSSR count). The Morgan fingerprint density at radius 1 is 1.33 bits per heavy atom. The van der Waals surface area contributed by atoms with E-state index in [0.717, 1.165) is 16.5 Å². The Balaban J connectivity index is 2.79. The Labute approximate surface area is 70.3 Å². The fourth-order valence-electron chi connectivity index (χ4n) is 1.24. The molecule has 0 spiro atoms. The second kappa shape index (κ2) is 2.87. The molecule has 3 heteroatoms. The topological polar surface area (TPSA) is 51.8 Å². The van der Waals surface area contributed by atoms with Gasteiger partial charge in [-0.15, -0.1) is 0 Å². The zero-order chi connectivity index (χ0) is 8.39. The summed E-state index contributed by atoms with van der Waals surface area (Å²) in [5.41, 5.74) is 7.60. The fourth-order valence-corrected chi connectivity index (χ4v) is 1.24. The van der Waals surface area contributed by atoms with Crippen molar-refractivity contribution < 1.29 is 0 Å². The quantitative estimate of drug-likeness (QED) is 0.677. The molecule has 3 nitrogen and oxygen atoms in total. The van der Waals surface area contributed by atoms with Crippen LogP contribution in [0.2, 0.25) is 0 Å². The molecule has 0 aliphatic carbocycles. The van der Waals surface area contributed by atoms with Gasteiger partial charge < -0.3 is 5.73 Å². The molecule has 0 amide bonds. The van der Waals surface area contributed by atoms with Crippen LogP contribution in [0.15, 0.2) is 30.7 Å². The molecule has 60 valence electrons. The fraction of sp³-hybridized carbons (Fsp3) is 0.111. The van der Waals surface area contributed by atoms with Crippen LogP contribution in [0.5, 0.6) is 0 Å². The van der Waals surface area contributed by atoms with Crippen LogP contribution in [0.1, 0.15) is 5.56 Å². The molecule has 1 heterocycles.